The predicted molar refractivity (Wildman–Crippen MR) is 93.7 cm³/mol. The van der Waals surface area contributed by atoms with Crippen LogP contribution < -0.4 is 5.11 Å². The molecule has 0 aliphatic rings. The van der Waals surface area contributed by atoms with Gasteiger partial charge in [0.05, 0.1) is 0 Å². The molecule has 0 atom stereocenters. The summed E-state index contributed by atoms with van der Waals surface area (Å²) in [6, 6.07) is 0. The summed E-state index contributed by atoms with van der Waals surface area (Å²) in [4.78, 5) is 21.6. The van der Waals surface area contributed by atoms with Crippen molar-refractivity contribution in [2.75, 3.05) is 0 Å². The molecule has 0 saturated heterocycles. The summed E-state index contributed by atoms with van der Waals surface area (Å²) in [5, 5.41) is 10.2. The molecule has 0 radical (unpaired) electrons. The second-order valence-corrected chi connectivity index (χ2v) is 5.01. The zero-order valence-corrected chi connectivity index (χ0v) is 13.9. The minimum Gasteiger partial charge on any atom is -0.550 e. The normalized spacial score (nSPS) is 12.6. The minimum atomic E-state index is -1.11. The number of rotatable bonds is 13. The van der Waals surface area contributed by atoms with Crippen molar-refractivity contribution in [3.8, 4) is 0 Å². The summed E-state index contributed by atoms with van der Waals surface area (Å²) in [6.07, 6.45) is 24.1. The molecule has 126 valence electrons. The highest BCUT2D eigenvalue weighted by molar-refractivity contribution is 5.90. The van der Waals surface area contributed by atoms with Gasteiger partial charge in [0.25, 0.3) is 0 Å². The lowest BCUT2D eigenvalue weighted by Crippen LogP contribution is -2.21. The summed E-state index contributed by atoms with van der Waals surface area (Å²) in [6.45, 7) is 2.12. The molecule has 0 aromatic carbocycles. The molecule has 23 heavy (non-hydrogen) atoms. The highest BCUT2D eigenvalue weighted by atomic mass is 16.4. The van der Waals surface area contributed by atoms with Gasteiger partial charge in [0.15, 0.2) is 5.78 Å². The minimum absolute atomic E-state index is 0.0614. The van der Waals surface area contributed by atoms with Gasteiger partial charge in [-0.3, -0.25) is 4.79 Å². The van der Waals surface area contributed by atoms with E-state index >= 15 is 0 Å². The molecule has 3 nitrogen and oxygen atoms in total. The standard InChI is InChI=1S/C20H28O3/c1-2-3-4-5-6-7-8-9-10-11-12-13-14-16-19(21)17-15-18-20(22)23/h3-4,6-7,9-10,12-14,16H,2,5,8,11,15,17-18H2,1H3,(H,22,23)/p-1/b4-3-,7-6-,10-9-,13-12-,16-14+. The monoisotopic (exact) mass is 315 g/mol. The lowest BCUT2D eigenvalue weighted by molar-refractivity contribution is -0.305. The molecule has 0 rings (SSSR count). The summed E-state index contributed by atoms with van der Waals surface area (Å²) in [5.74, 6) is -1.17. The number of allylic oxidation sites excluding steroid dienone is 10. The van der Waals surface area contributed by atoms with E-state index in [9.17, 15) is 14.7 Å². The second-order valence-electron chi connectivity index (χ2n) is 5.01. The maximum atomic E-state index is 11.4. The SMILES string of the molecule is CC/C=C\C/C=C\C/C=C\C/C=C\C=C\C(=O)CCCC(=O)[O-]. The lowest BCUT2D eigenvalue weighted by Gasteiger charge is -1.98. The van der Waals surface area contributed by atoms with E-state index in [1.807, 2.05) is 12.2 Å². The molecular formula is C20H27O3-. The highest BCUT2D eigenvalue weighted by Crippen LogP contribution is 1.97. The zero-order valence-electron chi connectivity index (χ0n) is 13.9. The van der Waals surface area contributed by atoms with Gasteiger partial charge in [-0.05, 0) is 44.6 Å². The van der Waals surface area contributed by atoms with Gasteiger partial charge in [-0.2, -0.15) is 0 Å². The third-order valence-electron chi connectivity index (χ3n) is 2.89. The molecule has 0 bridgehead atoms. The lowest BCUT2D eigenvalue weighted by atomic mass is 10.1. The van der Waals surface area contributed by atoms with Crippen LogP contribution in [0.15, 0.2) is 60.8 Å². The van der Waals surface area contributed by atoms with E-state index in [1.54, 1.807) is 6.08 Å². The van der Waals surface area contributed by atoms with Crippen molar-refractivity contribution in [3.05, 3.63) is 60.8 Å². The molecule has 0 amide bonds. The molecule has 0 aromatic rings. The van der Waals surface area contributed by atoms with Gasteiger partial charge in [0, 0.05) is 12.4 Å². The Morgan fingerprint density at radius 2 is 1.35 bits per heavy atom. The highest BCUT2D eigenvalue weighted by Gasteiger charge is 1.95. The van der Waals surface area contributed by atoms with Crippen LogP contribution in [0.1, 0.15) is 51.9 Å². The first kappa shape index (κ1) is 20.8. The Morgan fingerprint density at radius 3 is 1.91 bits per heavy atom. The fourth-order valence-electron chi connectivity index (χ4n) is 1.69. The van der Waals surface area contributed by atoms with Gasteiger partial charge in [-0.1, -0.05) is 61.6 Å². The first-order chi connectivity index (χ1) is 11.2. The average molecular weight is 315 g/mol. The van der Waals surface area contributed by atoms with E-state index in [0.717, 1.165) is 25.7 Å². The Labute approximate surface area is 139 Å². The fourth-order valence-corrected chi connectivity index (χ4v) is 1.69. The van der Waals surface area contributed by atoms with Crippen molar-refractivity contribution in [1.82, 2.24) is 0 Å². The van der Waals surface area contributed by atoms with E-state index in [0.29, 0.717) is 6.42 Å². The van der Waals surface area contributed by atoms with E-state index in [-0.39, 0.29) is 18.6 Å². The van der Waals surface area contributed by atoms with Gasteiger partial charge in [-0.15, -0.1) is 0 Å². The first-order valence-corrected chi connectivity index (χ1v) is 8.17. The van der Waals surface area contributed by atoms with Crippen molar-refractivity contribution in [3.63, 3.8) is 0 Å². The Morgan fingerprint density at radius 1 is 0.783 bits per heavy atom. The summed E-state index contributed by atoms with van der Waals surface area (Å²) >= 11 is 0. The maximum Gasteiger partial charge on any atom is 0.155 e. The van der Waals surface area contributed by atoms with Crippen LogP contribution in [-0.4, -0.2) is 11.8 Å². The third-order valence-corrected chi connectivity index (χ3v) is 2.89. The van der Waals surface area contributed by atoms with Crippen LogP contribution >= 0.6 is 0 Å². The van der Waals surface area contributed by atoms with Gasteiger partial charge >= 0.3 is 0 Å². The van der Waals surface area contributed by atoms with E-state index in [4.69, 9.17) is 0 Å². The molecule has 0 N–H and O–H groups in total. The quantitative estimate of drug-likeness (QED) is 0.295. The number of carbonyl (C=O) groups is 2. The van der Waals surface area contributed by atoms with Crippen molar-refractivity contribution in [2.45, 2.75) is 51.9 Å². The molecular weight excluding hydrogens is 288 g/mol. The Bertz CT molecular complexity index is 465. The smallest absolute Gasteiger partial charge is 0.155 e. The van der Waals surface area contributed by atoms with Gasteiger partial charge in [0.1, 0.15) is 0 Å². The van der Waals surface area contributed by atoms with E-state index in [1.165, 1.54) is 6.08 Å². The fraction of sp³-hybridized carbons (Fsp3) is 0.400. The van der Waals surface area contributed by atoms with Crippen molar-refractivity contribution in [2.24, 2.45) is 0 Å². The molecule has 0 aromatic heterocycles. The Hall–Kier alpha value is -2.16. The largest absolute Gasteiger partial charge is 0.550 e. The van der Waals surface area contributed by atoms with Gasteiger partial charge in [0.2, 0.25) is 0 Å². The summed E-state index contributed by atoms with van der Waals surface area (Å²) < 4.78 is 0. The summed E-state index contributed by atoms with van der Waals surface area (Å²) in [7, 11) is 0. The van der Waals surface area contributed by atoms with E-state index < -0.39 is 5.97 Å². The molecule has 0 aliphatic heterocycles. The number of hydrogen-bond acceptors (Lipinski definition) is 3. The summed E-state index contributed by atoms with van der Waals surface area (Å²) in [5.41, 5.74) is 0. The number of carboxylic acid groups (broad SMARTS) is 1. The first-order valence-electron chi connectivity index (χ1n) is 8.17. The van der Waals surface area contributed by atoms with Crippen molar-refractivity contribution >= 4 is 11.8 Å². The molecule has 0 fully saturated rings. The Kier molecular flexibility index (Phi) is 14.7. The van der Waals surface area contributed by atoms with Crippen LogP contribution in [0.2, 0.25) is 0 Å². The number of hydrogen-bond donors (Lipinski definition) is 0. The topological polar surface area (TPSA) is 57.2 Å². The van der Waals surface area contributed by atoms with Crippen LogP contribution in [0.4, 0.5) is 0 Å². The number of carbonyl (C=O) groups excluding carboxylic acids is 2. The third kappa shape index (κ3) is 17.8. The molecule has 0 saturated carbocycles. The molecule has 0 spiro atoms. The van der Waals surface area contributed by atoms with Gasteiger partial charge in [-0.25, -0.2) is 0 Å². The number of carboxylic acids is 1. The average Bonchev–Trinajstić information content (AvgIpc) is 2.51. The van der Waals surface area contributed by atoms with Crippen LogP contribution in [0.3, 0.4) is 0 Å². The number of aliphatic carboxylic acids is 1. The van der Waals surface area contributed by atoms with Crippen LogP contribution in [0.25, 0.3) is 0 Å². The van der Waals surface area contributed by atoms with Crippen molar-refractivity contribution in [1.29, 1.82) is 0 Å². The van der Waals surface area contributed by atoms with Crippen LogP contribution in [-0.2, 0) is 9.59 Å². The zero-order chi connectivity index (χ0) is 17.2. The van der Waals surface area contributed by atoms with Crippen LogP contribution in [0.5, 0.6) is 0 Å². The number of ketones is 1. The van der Waals surface area contributed by atoms with Gasteiger partial charge < -0.3 is 9.90 Å². The maximum absolute atomic E-state index is 11.4. The van der Waals surface area contributed by atoms with Crippen LogP contribution in [0, 0.1) is 0 Å². The molecule has 0 aliphatic carbocycles. The predicted octanol–water partition coefficient (Wildman–Crippen LogP) is 3.84. The molecule has 3 heteroatoms. The second kappa shape index (κ2) is 16.2. The Balaban J connectivity index is 3.67. The molecule has 0 heterocycles. The van der Waals surface area contributed by atoms with Crippen molar-refractivity contribution < 1.29 is 14.7 Å². The molecule has 0 unspecified atom stereocenters. The van der Waals surface area contributed by atoms with E-state index in [2.05, 4.69) is 43.4 Å².